The largest absolute Gasteiger partial charge is 0.453 e. The van der Waals surface area contributed by atoms with Gasteiger partial charge in [0.2, 0.25) is 11.1 Å². The summed E-state index contributed by atoms with van der Waals surface area (Å²) >= 11 is 7.94. The predicted molar refractivity (Wildman–Crippen MR) is 81.7 cm³/mol. The molecule has 2 aromatic rings. The monoisotopic (exact) mass is 385 g/mol. The van der Waals surface area contributed by atoms with Crippen molar-refractivity contribution in [3.63, 3.8) is 0 Å². The summed E-state index contributed by atoms with van der Waals surface area (Å²) in [7, 11) is 1.59. The summed E-state index contributed by atoms with van der Waals surface area (Å²) < 4.78 is 38.6. The van der Waals surface area contributed by atoms with Gasteiger partial charge < -0.3 is 10.7 Å². The lowest BCUT2D eigenvalue weighted by molar-refractivity contribution is -0.146. The maximum absolute atomic E-state index is 12.5. The summed E-state index contributed by atoms with van der Waals surface area (Å²) in [5.74, 6) is 3.59. The zero-order valence-corrected chi connectivity index (χ0v) is 14.1. The zero-order valence-electron chi connectivity index (χ0n) is 11.7. The van der Waals surface area contributed by atoms with Crippen molar-refractivity contribution in [2.24, 2.45) is 0 Å². The second-order valence-corrected chi connectivity index (χ2v) is 7.16. The molecule has 0 radical (unpaired) electrons. The Labute approximate surface area is 142 Å². The van der Waals surface area contributed by atoms with Gasteiger partial charge in [0, 0.05) is 11.9 Å². The number of nitrogen functional groups attached to an aromatic ring is 1. The van der Waals surface area contributed by atoms with Gasteiger partial charge in [-0.05, 0) is 12.1 Å². The number of nitrogens with zero attached hydrogens (tertiary/aromatic N) is 4. The van der Waals surface area contributed by atoms with Gasteiger partial charge in [-0.1, -0.05) is 23.4 Å². The molecule has 23 heavy (non-hydrogen) atoms. The lowest BCUT2D eigenvalue weighted by Gasteiger charge is -2.15. The summed E-state index contributed by atoms with van der Waals surface area (Å²) in [5.41, 5.74) is 0. The smallest absolute Gasteiger partial charge is 0.340 e. The van der Waals surface area contributed by atoms with Crippen molar-refractivity contribution in [2.75, 3.05) is 18.6 Å². The number of aromatic nitrogens is 3. The second kappa shape index (κ2) is 6.97. The van der Waals surface area contributed by atoms with Crippen LogP contribution in [0.2, 0.25) is 4.34 Å². The lowest BCUT2D eigenvalue weighted by atomic mass is 10.4. The Bertz CT molecular complexity index is 702. The molecule has 0 spiro atoms. The molecule has 0 bridgehead atoms. The molecule has 12 heteroatoms. The number of halogens is 4. The molecule has 2 rings (SSSR count). The van der Waals surface area contributed by atoms with Crippen molar-refractivity contribution in [1.29, 1.82) is 0 Å². The van der Waals surface area contributed by atoms with E-state index >= 15 is 0 Å². The standard InChI is InChI=1S/C11H11ClF3N5OS2/c1-19(4-6-2-3-7(12)23-6)8(21)5-22-10-18-17-9(20(10)16)11(13,14)15/h2-3H,4-5,16H2,1H3. The predicted octanol–water partition coefficient (Wildman–Crippen LogP) is 2.48. The summed E-state index contributed by atoms with van der Waals surface area (Å²) in [6, 6.07) is 3.53. The third kappa shape index (κ3) is 4.52. The molecule has 2 heterocycles. The van der Waals surface area contributed by atoms with E-state index in [2.05, 4.69) is 10.2 Å². The highest BCUT2D eigenvalue weighted by Crippen LogP contribution is 2.29. The third-order valence-electron chi connectivity index (χ3n) is 2.69. The molecule has 6 nitrogen and oxygen atoms in total. The van der Waals surface area contributed by atoms with Crippen molar-refractivity contribution in [3.05, 3.63) is 27.2 Å². The second-order valence-electron chi connectivity index (χ2n) is 4.42. The van der Waals surface area contributed by atoms with Gasteiger partial charge in [0.15, 0.2) is 0 Å². The van der Waals surface area contributed by atoms with Crippen LogP contribution in [0.5, 0.6) is 0 Å². The summed E-state index contributed by atoms with van der Waals surface area (Å²) in [5, 5.41) is 6.15. The highest BCUT2D eigenvalue weighted by Gasteiger charge is 2.38. The van der Waals surface area contributed by atoms with Gasteiger partial charge in [-0.25, -0.2) is 4.68 Å². The van der Waals surface area contributed by atoms with Crippen LogP contribution >= 0.6 is 34.7 Å². The number of hydrogen-bond donors (Lipinski definition) is 1. The summed E-state index contributed by atoms with van der Waals surface area (Å²) in [4.78, 5) is 14.3. The SMILES string of the molecule is CN(Cc1ccc(Cl)s1)C(=O)CSc1nnc(C(F)(F)F)n1N. The number of hydrogen-bond acceptors (Lipinski definition) is 6. The Kier molecular flexibility index (Phi) is 5.42. The Morgan fingerprint density at radius 3 is 2.70 bits per heavy atom. The van der Waals surface area contributed by atoms with E-state index in [1.54, 1.807) is 19.2 Å². The number of rotatable bonds is 5. The van der Waals surface area contributed by atoms with Crippen molar-refractivity contribution in [2.45, 2.75) is 17.9 Å². The molecule has 0 saturated heterocycles. The molecule has 0 aliphatic heterocycles. The molecule has 2 aromatic heterocycles. The first-order valence-corrected chi connectivity index (χ1v) is 8.25. The Morgan fingerprint density at radius 1 is 1.48 bits per heavy atom. The van der Waals surface area contributed by atoms with Crippen molar-refractivity contribution >= 4 is 40.6 Å². The van der Waals surface area contributed by atoms with E-state index in [-0.39, 0.29) is 16.8 Å². The Morgan fingerprint density at radius 2 is 2.17 bits per heavy atom. The van der Waals surface area contributed by atoms with Gasteiger partial charge in [0.05, 0.1) is 16.6 Å². The van der Waals surface area contributed by atoms with Crippen LogP contribution < -0.4 is 5.84 Å². The fourth-order valence-electron chi connectivity index (χ4n) is 1.56. The molecule has 2 N–H and O–H groups in total. The summed E-state index contributed by atoms with van der Waals surface area (Å²) in [6.07, 6.45) is -4.69. The fourth-order valence-corrected chi connectivity index (χ4v) is 3.50. The van der Waals surface area contributed by atoms with Crippen LogP contribution in [0.15, 0.2) is 17.3 Å². The quantitative estimate of drug-likeness (QED) is 0.632. The molecule has 0 aliphatic carbocycles. The number of alkyl halides is 3. The van der Waals surface area contributed by atoms with Crippen molar-refractivity contribution in [3.8, 4) is 0 Å². The van der Waals surface area contributed by atoms with Gasteiger partial charge >= 0.3 is 6.18 Å². The molecule has 0 aromatic carbocycles. The van der Waals surface area contributed by atoms with E-state index in [0.29, 0.717) is 15.6 Å². The highest BCUT2D eigenvalue weighted by atomic mass is 35.5. The average molecular weight is 386 g/mol. The van der Waals surface area contributed by atoms with E-state index in [1.165, 1.54) is 16.2 Å². The fraction of sp³-hybridized carbons (Fsp3) is 0.364. The number of carbonyl (C=O) groups excluding carboxylic acids is 1. The van der Waals surface area contributed by atoms with Crippen LogP contribution in [0, 0.1) is 0 Å². The Balaban J connectivity index is 1.93. The molecular weight excluding hydrogens is 375 g/mol. The van der Waals surface area contributed by atoms with E-state index in [1.807, 2.05) is 0 Å². The maximum Gasteiger partial charge on any atom is 0.453 e. The van der Waals surface area contributed by atoms with E-state index < -0.39 is 12.0 Å². The van der Waals surface area contributed by atoms with Crippen LogP contribution in [0.1, 0.15) is 10.7 Å². The zero-order chi connectivity index (χ0) is 17.2. The van der Waals surface area contributed by atoms with Crippen LogP contribution in [-0.2, 0) is 17.5 Å². The molecule has 0 unspecified atom stereocenters. The lowest BCUT2D eigenvalue weighted by Crippen LogP contribution is -2.28. The maximum atomic E-state index is 12.5. The molecule has 0 atom stereocenters. The van der Waals surface area contributed by atoms with Gasteiger partial charge in [-0.15, -0.1) is 21.5 Å². The number of carbonyl (C=O) groups is 1. The van der Waals surface area contributed by atoms with Crippen molar-refractivity contribution < 1.29 is 18.0 Å². The van der Waals surface area contributed by atoms with Gasteiger partial charge in [0.1, 0.15) is 0 Å². The number of thioether (sulfide) groups is 1. The van der Waals surface area contributed by atoms with Crippen LogP contribution in [0.25, 0.3) is 0 Å². The topological polar surface area (TPSA) is 77.0 Å². The van der Waals surface area contributed by atoms with Gasteiger partial charge in [-0.2, -0.15) is 13.2 Å². The molecule has 126 valence electrons. The molecule has 0 aliphatic rings. The van der Waals surface area contributed by atoms with E-state index in [0.717, 1.165) is 16.6 Å². The molecule has 0 fully saturated rings. The highest BCUT2D eigenvalue weighted by molar-refractivity contribution is 7.99. The minimum absolute atomic E-state index is 0.108. The first-order valence-electron chi connectivity index (χ1n) is 6.07. The third-order valence-corrected chi connectivity index (χ3v) is 4.83. The minimum atomic E-state index is -4.69. The number of amides is 1. The van der Waals surface area contributed by atoms with Crippen LogP contribution in [0.3, 0.4) is 0 Å². The normalized spacial score (nSPS) is 11.7. The Hall–Kier alpha value is -1.46. The molecule has 1 amide bonds. The first-order chi connectivity index (χ1) is 10.7. The average Bonchev–Trinajstić information content (AvgIpc) is 3.01. The van der Waals surface area contributed by atoms with E-state index in [9.17, 15) is 18.0 Å². The van der Waals surface area contributed by atoms with Crippen LogP contribution in [0.4, 0.5) is 13.2 Å². The number of nitrogens with two attached hydrogens (primary N) is 1. The molecule has 0 saturated carbocycles. The first kappa shape index (κ1) is 17.9. The van der Waals surface area contributed by atoms with Crippen molar-refractivity contribution in [1.82, 2.24) is 19.8 Å². The summed E-state index contributed by atoms with van der Waals surface area (Å²) in [6.45, 7) is 0.361. The van der Waals surface area contributed by atoms with Gasteiger partial charge in [0.25, 0.3) is 5.82 Å². The van der Waals surface area contributed by atoms with Gasteiger partial charge in [-0.3, -0.25) is 4.79 Å². The van der Waals surface area contributed by atoms with E-state index in [4.69, 9.17) is 17.4 Å². The molecular formula is C11H11ClF3N5OS2. The number of thiophene rings is 1. The minimum Gasteiger partial charge on any atom is -0.340 e. The van der Waals surface area contributed by atoms with Crippen LogP contribution in [-0.4, -0.2) is 38.5 Å².